The number of nitrogens with one attached hydrogen (secondary N) is 2. The van der Waals surface area contributed by atoms with Gasteiger partial charge in [0.25, 0.3) is 0 Å². The molecule has 3 rings (SSSR count). The quantitative estimate of drug-likeness (QED) is 0.203. The molecule has 0 saturated carbocycles. The van der Waals surface area contributed by atoms with Gasteiger partial charge in [-0.15, -0.1) is 0 Å². The van der Waals surface area contributed by atoms with Gasteiger partial charge in [0, 0.05) is 8.95 Å². The van der Waals surface area contributed by atoms with Gasteiger partial charge in [0.2, 0.25) is 0 Å². The highest BCUT2D eigenvalue weighted by atomic mass is 79.9. The van der Waals surface area contributed by atoms with Crippen molar-refractivity contribution < 1.29 is 45.4 Å². The maximum Gasteiger partial charge on any atom is 0.416 e. The molecular weight excluding hydrogens is 654 g/mol. The first kappa shape index (κ1) is 29.3. The average molecular weight is 670 g/mol. The summed E-state index contributed by atoms with van der Waals surface area (Å²) in [6.07, 6.45) is -9.32. The molecule has 0 fully saturated rings. The molecule has 0 aliphatic carbocycles. The number of esters is 2. The summed E-state index contributed by atoms with van der Waals surface area (Å²) >= 11 is 6.27. The van der Waals surface area contributed by atoms with Crippen LogP contribution in [-0.4, -0.2) is 26.2 Å². The van der Waals surface area contributed by atoms with Crippen molar-refractivity contribution in [1.82, 2.24) is 0 Å². The van der Waals surface area contributed by atoms with Crippen molar-refractivity contribution in [2.45, 2.75) is 12.4 Å². The van der Waals surface area contributed by atoms with E-state index in [2.05, 4.69) is 42.5 Å². The van der Waals surface area contributed by atoms with E-state index in [1.165, 1.54) is 0 Å². The fourth-order valence-corrected chi connectivity index (χ4v) is 3.94. The van der Waals surface area contributed by atoms with Gasteiger partial charge in [-0.2, -0.15) is 26.3 Å². The molecule has 14 heteroatoms. The predicted octanol–water partition coefficient (Wildman–Crippen LogP) is 8.31. The third-order valence-corrected chi connectivity index (χ3v) is 6.48. The van der Waals surface area contributed by atoms with Crippen molar-refractivity contribution >= 4 is 66.5 Å². The predicted molar refractivity (Wildman–Crippen MR) is 134 cm³/mol. The summed E-state index contributed by atoms with van der Waals surface area (Å²) in [5.74, 6) is -1.89. The number of benzene rings is 3. The third-order valence-electron chi connectivity index (χ3n) is 5.09. The average Bonchev–Trinajstić information content (AvgIpc) is 2.84. The van der Waals surface area contributed by atoms with Crippen molar-refractivity contribution in [1.29, 1.82) is 0 Å². The van der Waals surface area contributed by atoms with Gasteiger partial charge < -0.3 is 20.1 Å². The molecule has 0 atom stereocenters. The molecule has 2 N–H and O–H groups in total. The van der Waals surface area contributed by atoms with Crippen LogP contribution < -0.4 is 10.6 Å². The van der Waals surface area contributed by atoms with Crippen LogP contribution in [0.15, 0.2) is 57.5 Å². The van der Waals surface area contributed by atoms with Crippen LogP contribution in [-0.2, 0) is 21.8 Å². The molecule has 6 nitrogen and oxygen atoms in total. The number of carbonyl (C=O) groups excluding carboxylic acids is 2. The number of methoxy groups -OCH3 is 2. The Hall–Kier alpha value is -3.26. The first-order valence-electron chi connectivity index (χ1n) is 10.3. The van der Waals surface area contributed by atoms with Crippen LogP contribution in [0.5, 0.6) is 0 Å². The Balaban J connectivity index is 2.19. The molecule has 3 aromatic rings. The summed E-state index contributed by atoms with van der Waals surface area (Å²) in [4.78, 5) is 25.2. The van der Waals surface area contributed by atoms with Gasteiger partial charge in [0.1, 0.15) is 0 Å². The van der Waals surface area contributed by atoms with Gasteiger partial charge in [-0.1, -0.05) is 0 Å². The van der Waals surface area contributed by atoms with Crippen LogP contribution in [0, 0.1) is 0 Å². The molecule has 0 saturated heterocycles. The SMILES string of the molecule is COC(=O)c1cc(Nc2cc(C(F)(F)F)ccc2Br)c(C(=O)OC)cc1Nc1cc(C(F)(F)F)ccc1Br. The highest BCUT2D eigenvalue weighted by molar-refractivity contribution is 9.11. The van der Waals surface area contributed by atoms with Crippen molar-refractivity contribution in [2.75, 3.05) is 24.9 Å². The van der Waals surface area contributed by atoms with Gasteiger partial charge >= 0.3 is 24.3 Å². The first-order chi connectivity index (χ1) is 17.6. The van der Waals surface area contributed by atoms with E-state index in [4.69, 9.17) is 9.47 Å². The van der Waals surface area contributed by atoms with Crippen LogP contribution in [0.2, 0.25) is 0 Å². The summed E-state index contributed by atoms with van der Waals surface area (Å²) in [6, 6.07) is 7.76. The molecule has 0 amide bonds. The highest BCUT2D eigenvalue weighted by Crippen LogP contribution is 2.39. The number of halogens is 8. The van der Waals surface area contributed by atoms with E-state index in [-0.39, 0.29) is 42.8 Å². The minimum atomic E-state index is -4.66. The first-order valence-corrected chi connectivity index (χ1v) is 11.9. The van der Waals surface area contributed by atoms with E-state index in [1.54, 1.807) is 0 Å². The maximum atomic E-state index is 13.2. The molecule has 3 aromatic carbocycles. The summed E-state index contributed by atoms with van der Waals surface area (Å²) in [5, 5.41) is 5.36. The van der Waals surface area contributed by atoms with E-state index in [1.807, 2.05) is 0 Å². The van der Waals surface area contributed by atoms with Crippen LogP contribution in [0.3, 0.4) is 0 Å². The number of ether oxygens (including phenoxy) is 2. The van der Waals surface area contributed by atoms with E-state index >= 15 is 0 Å². The highest BCUT2D eigenvalue weighted by Gasteiger charge is 2.32. The van der Waals surface area contributed by atoms with Crippen molar-refractivity contribution in [3.05, 3.63) is 79.7 Å². The van der Waals surface area contributed by atoms with Crippen LogP contribution in [0.25, 0.3) is 0 Å². The number of hydrogen-bond acceptors (Lipinski definition) is 6. The molecule has 0 aromatic heterocycles. The molecule has 0 unspecified atom stereocenters. The summed E-state index contributed by atoms with van der Waals surface area (Å²) in [7, 11) is 2.11. The summed E-state index contributed by atoms with van der Waals surface area (Å²) < 4.78 is 89.4. The Kier molecular flexibility index (Phi) is 8.66. The summed E-state index contributed by atoms with van der Waals surface area (Å²) in [6.45, 7) is 0. The van der Waals surface area contributed by atoms with Crippen LogP contribution in [0.1, 0.15) is 31.8 Å². The lowest BCUT2D eigenvalue weighted by Gasteiger charge is -2.19. The number of anilines is 4. The topological polar surface area (TPSA) is 76.7 Å². The second-order valence-electron chi connectivity index (χ2n) is 7.56. The largest absolute Gasteiger partial charge is 0.465 e. The molecule has 202 valence electrons. The molecule has 0 bridgehead atoms. The monoisotopic (exact) mass is 668 g/mol. The van der Waals surface area contributed by atoms with E-state index in [9.17, 15) is 35.9 Å². The van der Waals surface area contributed by atoms with Crippen molar-refractivity contribution in [2.24, 2.45) is 0 Å². The molecule has 0 heterocycles. The molecule has 0 radical (unpaired) electrons. The van der Waals surface area contributed by atoms with Crippen molar-refractivity contribution in [3.63, 3.8) is 0 Å². The maximum absolute atomic E-state index is 13.2. The van der Waals surface area contributed by atoms with E-state index in [0.717, 1.165) is 62.8 Å². The molecule has 0 aliphatic heterocycles. The minimum Gasteiger partial charge on any atom is -0.465 e. The zero-order valence-electron chi connectivity index (χ0n) is 19.3. The van der Waals surface area contributed by atoms with E-state index in [0.29, 0.717) is 0 Å². The molecule has 0 aliphatic rings. The number of alkyl halides is 6. The zero-order chi connectivity index (χ0) is 28.4. The van der Waals surface area contributed by atoms with Crippen LogP contribution in [0.4, 0.5) is 49.1 Å². The van der Waals surface area contributed by atoms with Gasteiger partial charge in [-0.3, -0.25) is 0 Å². The van der Waals surface area contributed by atoms with Gasteiger partial charge in [0.05, 0.1) is 59.2 Å². The second-order valence-corrected chi connectivity index (χ2v) is 9.27. The summed E-state index contributed by atoms with van der Waals surface area (Å²) in [5.41, 5.74) is -2.90. The normalized spacial score (nSPS) is 11.6. The standard InChI is InChI=1S/C24H16Br2F6N2O4/c1-37-21(35)13-9-18(34-20-8-12(24(30,31)32)4-6-16(20)26)14(22(36)38-2)10-17(13)33-19-7-11(23(27,28)29)3-5-15(19)25/h3-10,33-34H,1-2H3. The lowest BCUT2D eigenvalue weighted by atomic mass is 10.0. The fraction of sp³-hybridized carbons (Fsp3) is 0.167. The van der Waals surface area contributed by atoms with E-state index < -0.39 is 35.4 Å². The lowest BCUT2D eigenvalue weighted by Crippen LogP contribution is -2.13. The number of carbonyl (C=O) groups is 2. The van der Waals surface area contributed by atoms with Crippen molar-refractivity contribution in [3.8, 4) is 0 Å². The Morgan fingerprint density at radius 3 is 1.26 bits per heavy atom. The Labute approximate surface area is 228 Å². The fourth-order valence-electron chi connectivity index (χ4n) is 3.25. The van der Waals surface area contributed by atoms with Gasteiger partial charge in [-0.05, 0) is 80.4 Å². The Morgan fingerprint density at radius 2 is 0.974 bits per heavy atom. The second kappa shape index (κ2) is 11.2. The number of hydrogen-bond donors (Lipinski definition) is 2. The smallest absolute Gasteiger partial charge is 0.416 e. The minimum absolute atomic E-state index is 0.0953. The third kappa shape index (κ3) is 6.59. The Morgan fingerprint density at radius 1 is 0.632 bits per heavy atom. The lowest BCUT2D eigenvalue weighted by molar-refractivity contribution is -0.138. The Bertz CT molecular complexity index is 1290. The zero-order valence-corrected chi connectivity index (χ0v) is 22.4. The van der Waals surface area contributed by atoms with Crippen LogP contribution >= 0.6 is 31.9 Å². The molecule has 38 heavy (non-hydrogen) atoms. The molecule has 0 spiro atoms. The number of rotatable bonds is 6. The van der Waals surface area contributed by atoms with Gasteiger partial charge in [0.15, 0.2) is 0 Å². The van der Waals surface area contributed by atoms with Gasteiger partial charge in [-0.25, -0.2) is 9.59 Å². The molecular formula is C24H16Br2F6N2O4.